The van der Waals surface area contributed by atoms with Crippen molar-refractivity contribution in [3.05, 3.63) is 41.2 Å². The van der Waals surface area contributed by atoms with E-state index in [2.05, 4.69) is 34.8 Å². The van der Waals surface area contributed by atoms with Crippen molar-refractivity contribution in [1.82, 2.24) is 10.3 Å². The SMILES string of the molecule is CC(C)CCNC(=O)Cc1csc(NC(=O)Nc2ccc(F)cc2)n1. The van der Waals surface area contributed by atoms with E-state index in [0.717, 1.165) is 6.42 Å². The average molecular weight is 364 g/mol. The third-order valence-corrected chi connectivity index (χ3v) is 4.07. The summed E-state index contributed by atoms with van der Waals surface area (Å²) in [5.41, 5.74) is 1.07. The van der Waals surface area contributed by atoms with Gasteiger partial charge in [0.05, 0.1) is 12.1 Å². The standard InChI is InChI=1S/C17H21FN4O2S/c1-11(2)7-8-19-15(23)9-14-10-25-17(21-14)22-16(24)20-13-5-3-12(18)4-6-13/h3-6,10-11H,7-9H2,1-2H3,(H,19,23)(H2,20,21,22,24). The summed E-state index contributed by atoms with van der Waals surface area (Å²) in [5.74, 6) is 0.0745. The van der Waals surface area contributed by atoms with Crippen LogP contribution in [0.3, 0.4) is 0 Å². The Kier molecular flexibility index (Phi) is 6.88. The Morgan fingerprint density at radius 2 is 1.92 bits per heavy atom. The molecule has 25 heavy (non-hydrogen) atoms. The minimum atomic E-state index is -0.478. The molecule has 3 N–H and O–H groups in total. The van der Waals surface area contributed by atoms with Crippen molar-refractivity contribution in [1.29, 1.82) is 0 Å². The predicted molar refractivity (Wildman–Crippen MR) is 97.3 cm³/mol. The number of aromatic nitrogens is 1. The Labute approximate surface area is 149 Å². The van der Waals surface area contributed by atoms with Gasteiger partial charge in [-0.1, -0.05) is 13.8 Å². The topological polar surface area (TPSA) is 83.1 Å². The maximum Gasteiger partial charge on any atom is 0.325 e. The molecule has 0 spiro atoms. The number of benzene rings is 1. The van der Waals surface area contributed by atoms with Crippen molar-refractivity contribution in [3.8, 4) is 0 Å². The van der Waals surface area contributed by atoms with Crippen molar-refractivity contribution >= 4 is 34.1 Å². The van der Waals surface area contributed by atoms with Crippen molar-refractivity contribution < 1.29 is 14.0 Å². The molecule has 0 unspecified atom stereocenters. The van der Waals surface area contributed by atoms with Crippen LogP contribution in [-0.2, 0) is 11.2 Å². The Morgan fingerprint density at radius 3 is 2.60 bits per heavy atom. The first kappa shape index (κ1) is 18.9. The second-order valence-corrected chi connectivity index (χ2v) is 6.80. The van der Waals surface area contributed by atoms with E-state index < -0.39 is 6.03 Å². The van der Waals surface area contributed by atoms with Gasteiger partial charge in [-0.25, -0.2) is 14.2 Å². The quantitative estimate of drug-likeness (QED) is 0.701. The number of anilines is 2. The molecule has 0 aliphatic rings. The smallest absolute Gasteiger partial charge is 0.325 e. The van der Waals surface area contributed by atoms with E-state index in [0.29, 0.717) is 29.0 Å². The number of halogens is 1. The van der Waals surface area contributed by atoms with Crippen LogP contribution in [0.1, 0.15) is 26.0 Å². The minimum Gasteiger partial charge on any atom is -0.356 e. The van der Waals surface area contributed by atoms with Crippen molar-refractivity contribution in [2.45, 2.75) is 26.7 Å². The van der Waals surface area contributed by atoms with Gasteiger partial charge in [0.1, 0.15) is 5.82 Å². The number of amides is 3. The highest BCUT2D eigenvalue weighted by molar-refractivity contribution is 7.13. The van der Waals surface area contributed by atoms with E-state index in [-0.39, 0.29) is 18.1 Å². The molecule has 1 heterocycles. The summed E-state index contributed by atoms with van der Waals surface area (Å²) in [6.07, 6.45) is 1.11. The van der Waals surface area contributed by atoms with Gasteiger partial charge in [0.25, 0.3) is 0 Å². The largest absolute Gasteiger partial charge is 0.356 e. The van der Waals surface area contributed by atoms with Crippen LogP contribution in [0, 0.1) is 11.7 Å². The van der Waals surface area contributed by atoms with Crippen LogP contribution in [0.5, 0.6) is 0 Å². The summed E-state index contributed by atoms with van der Waals surface area (Å²) >= 11 is 1.24. The van der Waals surface area contributed by atoms with E-state index in [1.54, 1.807) is 5.38 Å². The summed E-state index contributed by atoms with van der Waals surface area (Å²) in [7, 11) is 0. The Hall–Kier alpha value is -2.48. The second-order valence-electron chi connectivity index (χ2n) is 5.94. The first-order chi connectivity index (χ1) is 11.9. The lowest BCUT2D eigenvalue weighted by Crippen LogP contribution is -2.27. The first-order valence-electron chi connectivity index (χ1n) is 7.97. The molecule has 0 saturated carbocycles. The molecule has 0 aliphatic heterocycles. The van der Waals surface area contributed by atoms with Crippen LogP contribution in [0.25, 0.3) is 0 Å². The lowest BCUT2D eigenvalue weighted by atomic mass is 10.1. The Bertz CT molecular complexity index is 716. The molecule has 6 nitrogen and oxygen atoms in total. The lowest BCUT2D eigenvalue weighted by Gasteiger charge is -2.06. The van der Waals surface area contributed by atoms with Gasteiger partial charge in [-0.05, 0) is 36.6 Å². The van der Waals surface area contributed by atoms with Gasteiger partial charge in [0.2, 0.25) is 5.91 Å². The lowest BCUT2D eigenvalue weighted by molar-refractivity contribution is -0.120. The third kappa shape index (κ3) is 6.88. The van der Waals surface area contributed by atoms with E-state index in [1.165, 1.54) is 35.6 Å². The zero-order valence-corrected chi connectivity index (χ0v) is 15.0. The molecule has 2 aromatic rings. The van der Waals surface area contributed by atoms with Gasteiger partial charge in [-0.15, -0.1) is 11.3 Å². The second kappa shape index (κ2) is 9.12. The molecule has 0 radical (unpaired) electrons. The molecular formula is C17H21FN4O2S. The maximum absolute atomic E-state index is 12.8. The first-order valence-corrected chi connectivity index (χ1v) is 8.85. The number of hydrogen-bond donors (Lipinski definition) is 3. The fourth-order valence-electron chi connectivity index (χ4n) is 1.97. The van der Waals surface area contributed by atoms with E-state index >= 15 is 0 Å². The van der Waals surface area contributed by atoms with Crippen LogP contribution in [0.2, 0.25) is 0 Å². The molecule has 1 aromatic heterocycles. The van der Waals surface area contributed by atoms with E-state index in [1.807, 2.05) is 0 Å². The molecule has 0 aliphatic carbocycles. The van der Waals surface area contributed by atoms with Crippen molar-refractivity contribution in [2.24, 2.45) is 5.92 Å². The molecule has 0 atom stereocenters. The fourth-order valence-corrected chi connectivity index (χ4v) is 2.67. The summed E-state index contributed by atoms with van der Waals surface area (Å²) in [6.45, 7) is 4.84. The van der Waals surface area contributed by atoms with Crippen LogP contribution < -0.4 is 16.0 Å². The number of nitrogens with zero attached hydrogens (tertiary/aromatic N) is 1. The van der Waals surface area contributed by atoms with Gasteiger partial charge in [0.15, 0.2) is 5.13 Å². The third-order valence-electron chi connectivity index (χ3n) is 3.26. The van der Waals surface area contributed by atoms with Gasteiger partial charge < -0.3 is 10.6 Å². The highest BCUT2D eigenvalue weighted by Crippen LogP contribution is 2.16. The average Bonchev–Trinajstić information content (AvgIpc) is 2.96. The number of carbonyl (C=O) groups is 2. The van der Waals surface area contributed by atoms with Crippen LogP contribution in [-0.4, -0.2) is 23.5 Å². The summed E-state index contributed by atoms with van der Waals surface area (Å²) in [4.78, 5) is 27.9. The molecule has 0 fully saturated rings. The van der Waals surface area contributed by atoms with Crippen LogP contribution >= 0.6 is 11.3 Å². The number of hydrogen-bond acceptors (Lipinski definition) is 4. The molecule has 0 bridgehead atoms. The Balaban J connectivity index is 1.79. The monoisotopic (exact) mass is 364 g/mol. The predicted octanol–water partition coefficient (Wildman–Crippen LogP) is 3.63. The highest BCUT2D eigenvalue weighted by Gasteiger charge is 2.10. The van der Waals surface area contributed by atoms with Gasteiger partial charge in [-0.3, -0.25) is 10.1 Å². The summed E-state index contributed by atoms with van der Waals surface area (Å²) in [5, 5.41) is 10.1. The molecule has 134 valence electrons. The van der Waals surface area contributed by atoms with Gasteiger partial charge >= 0.3 is 6.03 Å². The molecule has 2 rings (SSSR count). The number of urea groups is 1. The number of nitrogens with one attached hydrogen (secondary N) is 3. The van der Waals surface area contributed by atoms with E-state index in [4.69, 9.17) is 0 Å². The normalized spacial score (nSPS) is 10.6. The molecular weight excluding hydrogens is 343 g/mol. The maximum atomic E-state index is 12.8. The highest BCUT2D eigenvalue weighted by atomic mass is 32.1. The summed E-state index contributed by atoms with van der Waals surface area (Å²) < 4.78 is 12.8. The van der Waals surface area contributed by atoms with E-state index in [9.17, 15) is 14.0 Å². The van der Waals surface area contributed by atoms with Crippen LogP contribution in [0.4, 0.5) is 20.0 Å². The number of thiazole rings is 1. The zero-order valence-electron chi connectivity index (χ0n) is 14.1. The number of carbonyl (C=O) groups excluding carboxylic acids is 2. The molecule has 8 heteroatoms. The van der Waals surface area contributed by atoms with Gasteiger partial charge in [0, 0.05) is 17.6 Å². The molecule has 0 saturated heterocycles. The molecule has 3 amide bonds. The van der Waals surface area contributed by atoms with Gasteiger partial charge in [-0.2, -0.15) is 0 Å². The molecule has 1 aromatic carbocycles. The zero-order chi connectivity index (χ0) is 18.2. The minimum absolute atomic E-state index is 0.0896. The number of rotatable bonds is 7. The summed E-state index contributed by atoms with van der Waals surface area (Å²) in [6, 6.07) is 4.96. The van der Waals surface area contributed by atoms with Crippen molar-refractivity contribution in [3.63, 3.8) is 0 Å². The van der Waals surface area contributed by atoms with Crippen LogP contribution in [0.15, 0.2) is 29.6 Å². The Morgan fingerprint density at radius 1 is 1.20 bits per heavy atom. The van der Waals surface area contributed by atoms with Crippen molar-refractivity contribution in [2.75, 3.05) is 17.2 Å². The fraction of sp³-hybridized carbons (Fsp3) is 0.353.